The predicted octanol–water partition coefficient (Wildman–Crippen LogP) is 6.48. The Bertz CT molecular complexity index is 1270. The Balaban J connectivity index is 1.65. The van der Waals surface area contributed by atoms with Crippen molar-refractivity contribution in [3.05, 3.63) is 59.2 Å². The molecule has 2 unspecified atom stereocenters. The average molecular weight is 443 g/mol. The molecule has 3 aliphatic rings. The van der Waals surface area contributed by atoms with E-state index in [4.69, 9.17) is 4.74 Å². The lowest BCUT2D eigenvalue weighted by Crippen LogP contribution is -2.12. The first kappa shape index (κ1) is 20.5. The zero-order valence-corrected chi connectivity index (χ0v) is 19.1. The van der Waals surface area contributed by atoms with Gasteiger partial charge in [0, 0.05) is 23.0 Å². The van der Waals surface area contributed by atoms with E-state index in [0.29, 0.717) is 23.3 Å². The van der Waals surface area contributed by atoms with E-state index < -0.39 is 0 Å². The third-order valence-electron chi connectivity index (χ3n) is 8.23. The Morgan fingerprint density at radius 1 is 1.09 bits per heavy atom. The van der Waals surface area contributed by atoms with E-state index in [1.54, 1.807) is 0 Å². The van der Waals surface area contributed by atoms with Crippen molar-refractivity contribution in [2.45, 2.75) is 63.3 Å². The van der Waals surface area contributed by atoms with Crippen LogP contribution in [0.2, 0.25) is 0 Å². The van der Waals surface area contributed by atoms with E-state index in [1.165, 1.54) is 67.0 Å². The van der Waals surface area contributed by atoms with Crippen LogP contribution in [0.4, 0.5) is 0 Å². The fourth-order valence-electron chi connectivity index (χ4n) is 6.76. The van der Waals surface area contributed by atoms with Gasteiger partial charge in [-0.2, -0.15) is 0 Å². The van der Waals surface area contributed by atoms with Gasteiger partial charge in [-0.15, -0.1) is 0 Å². The Kier molecular flexibility index (Phi) is 5.01. The molecule has 1 N–H and O–H groups in total. The highest BCUT2D eigenvalue weighted by Crippen LogP contribution is 2.51. The van der Waals surface area contributed by atoms with Gasteiger partial charge in [0.15, 0.2) is 0 Å². The molecule has 0 amide bonds. The van der Waals surface area contributed by atoms with Crippen LogP contribution in [0.1, 0.15) is 78.3 Å². The highest BCUT2D eigenvalue weighted by molar-refractivity contribution is 5.99. The Morgan fingerprint density at radius 2 is 1.91 bits per heavy atom. The van der Waals surface area contributed by atoms with E-state index in [9.17, 15) is 10.0 Å². The zero-order valence-electron chi connectivity index (χ0n) is 19.1. The van der Waals surface area contributed by atoms with E-state index in [0.717, 1.165) is 30.6 Å². The summed E-state index contributed by atoms with van der Waals surface area (Å²) >= 11 is 0. The molecule has 1 aliphatic heterocycles. The Morgan fingerprint density at radius 3 is 2.70 bits per heavy atom. The first-order valence-electron chi connectivity index (χ1n) is 12.2. The van der Waals surface area contributed by atoms with Crippen LogP contribution in [0.25, 0.3) is 22.2 Å². The molecule has 2 aliphatic carbocycles. The van der Waals surface area contributed by atoms with Gasteiger partial charge in [-0.25, -0.2) is 4.79 Å². The van der Waals surface area contributed by atoms with Gasteiger partial charge < -0.3 is 14.5 Å². The predicted molar refractivity (Wildman–Crippen MR) is 129 cm³/mol. The number of aromatic nitrogens is 1. The molecule has 6 rings (SSSR count). The van der Waals surface area contributed by atoms with Gasteiger partial charge in [-0.3, -0.25) is 0 Å². The van der Waals surface area contributed by atoms with Gasteiger partial charge >= 0.3 is 5.97 Å². The van der Waals surface area contributed by atoms with Crippen molar-refractivity contribution in [1.29, 1.82) is 0 Å². The normalized spacial score (nSPS) is 23.7. The molecule has 0 radical (unpaired) electrons. The molecular weight excluding hydrogens is 412 g/mol. The number of methoxy groups -OCH3 is 1. The van der Waals surface area contributed by atoms with Crippen LogP contribution in [-0.4, -0.2) is 28.6 Å². The number of ether oxygens (including phenoxy) is 1. The van der Waals surface area contributed by atoms with Crippen LogP contribution in [0.15, 0.2) is 47.6 Å². The van der Waals surface area contributed by atoms with E-state index in [2.05, 4.69) is 40.1 Å². The minimum absolute atomic E-state index is 0.297. The molecule has 33 heavy (non-hydrogen) atoms. The van der Waals surface area contributed by atoms with Gasteiger partial charge in [0.1, 0.15) is 0 Å². The molecule has 5 nitrogen and oxygen atoms in total. The number of nitrogens with zero attached hydrogens (tertiary/aromatic N) is 2. The third-order valence-corrected chi connectivity index (χ3v) is 8.23. The molecule has 170 valence electrons. The fourth-order valence-corrected chi connectivity index (χ4v) is 6.76. The number of esters is 1. The number of hydrogen-bond acceptors (Lipinski definition) is 4. The second-order valence-corrected chi connectivity index (χ2v) is 9.96. The van der Waals surface area contributed by atoms with Crippen molar-refractivity contribution >= 4 is 22.6 Å². The molecule has 2 heterocycles. The summed E-state index contributed by atoms with van der Waals surface area (Å²) in [7, 11) is 1.44. The minimum Gasteiger partial charge on any atom is -0.465 e. The number of oxime groups is 1. The van der Waals surface area contributed by atoms with Gasteiger partial charge in [-0.05, 0) is 66.7 Å². The molecule has 2 atom stereocenters. The molecule has 2 saturated carbocycles. The van der Waals surface area contributed by atoms with Gasteiger partial charge in [0.25, 0.3) is 0 Å². The Hall–Kier alpha value is -3.08. The summed E-state index contributed by atoms with van der Waals surface area (Å²) in [5.74, 6) is 0.969. The van der Waals surface area contributed by atoms with Crippen molar-refractivity contribution in [2.24, 2.45) is 11.1 Å². The standard InChI is InChI=1S/C28H30N2O3/c1-33-28(31)18-11-12-23-25(14-18)30-16-19-13-20(29-32)15-24(19)21-9-5-6-10-22(21)27(30)26(23)17-7-3-2-4-8-17/h5-6,9-12,14,17,19,24,32H,2-4,7-8,13,15-16H2,1H3/b29-20+. The summed E-state index contributed by atoms with van der Waals surface area (Å²) in [5, 5.41) is 14.4. The molecule has 0 spiro atoms. The first-order valence-corrected chi connectivity index (χ1v) is 12.2. The first-order chi connectivity index (χ1) is 16.2. The molecular formula is C28H30N2O3. The lowest BCUT2D eigenvalue weighted by Gasteiger charge is -2.24. The number of benzene rings is 2. The molecule has 2 aromatic carbocycles. The number of carbonyl (C=O) groups excluding carboxylic acids is 1. The molecule has 3 aromatic rings. The maximum Gasteiger partial charge on any atom is 0.337 e. The zero-order chi connectivity index (χ0) is 22.5. The topological polar surface area (TPSA) is 63.8 Å². The maximum absolute atomic E-state index is 12.4. The summed E-state index contributed by atoms with van der Waals surface area (Å²) in [5.41, 5.74) is 8.09. The summed E-state index contributed by atoms with van der Waals surface area (Å²) in [6.45, 7) is 0.863. The van der Waals surface area contributed by atoms with Crippen molar-refractivity contribution < 1.29 is 14.7 Å². The number of rotatable bonds is 2. The average Bonchev–Trinajstić information content (AvgIpc) is 3.39. The van der Waals surface area contributed by atoms with Crippen LogP contribution in [-0.2, 0) is 11.3 Å². The molecule has 0 saturated heterocycles. The molecule has 1 aromatic heterocycles. The molecule has 5 heteroatoms. The van der Waals surface area contributed by atoms with Crippen LogP contribution < -0.4 is 0 Å². The van der Waals surface area contributed by atoms with Gasteiger partial charge in [-0.1, -0.05) is 54.8 Å². The number of fused-ring (bicyclic) bond motifs is 7. The number of hydrogen-bond donors (Lipinski definition) is 1. The number of carbonyl (C=O) groups is 1. The third kappa shape index (κ3) is 3.20. The summed E-state index contributed by atoms with van der Waals surface area (Å²) in [6.07, 6.45) is 7.95. The monoisotopic (exact) mass is 442 g/mol. The van der Waals surface area contributed by atoms with Gasteiger partial charge in [0.05, 0.1) is 24.1 Å². The van der Waals surface area contributed by atoms with Crippen LogP contribution >= 0.6 is 0 Å². The van der Waals surface area contributed by atoms with E-state index in [-0.39, 0.29) is 5.97 Å². The fraction of sp³-hybridized carbons (Fsp3) is 0.429. The lowest BCUT2D eigenvalue weighted by molar-refractivity contribution is 0.0601. The van der Waals surface area contributed by atoms with Crippen LogP contribution in [0.3, 0.4) is 0 Å². The lowest BCUT2D eigenvalue weighted by atomic mass is 9.80. The maximum atomic E-state index is 12.4. The highest BCUT2D eigenvalue weighted by Gasteiger charge is 2.39. The quantitative estimate of drug-likeness (QED) is 0.281. The summed E-state index contributed by atoms with van der Waals surface area (Å²) in [4.78, 5) is 12.4. The second kappa shape index (κ2) is 8.05. The minimum atomic E-state index is -0.297. The SMILES string of the molecule is COC(=O)c1ccc2c(C3CCCCC3)c3n(c2c1)CC1C/C(=N\O)CC1c1ccccc1-3. The summed E-state index contributed by atoms with van der Waals surface area (Å²) < 4.78 is 7.51. The highest BCUT2D eigenvalue weighted by atomic mass is 16.5. The second-order valence-electron chi connectivity index (χ2n) is 9.96. The van der Waals surface area contributed by atoms with Crippen molar-refractivity contribution in [2.75, 3.05) is 7.11 Å². The smallest absolute Gasteiger partial charge is 0.337 e. The molecule has 2 fully saturated rings. The van der Waals surface area contributed by atoms with E-state index >= 15 is 0 Å². The Labute approximate surface area is 194 Å². The van der Waals surface area contributed by atoms with Gasteiger partial charge in [0.2, 0.25) is 0 Å². The van der Waals surface area contributed by atoms with Crippen LogP contribution in [0, 0.1) is 5.92 Å². The van der Waals surface area contributed by atoms with Crippen molar-refractivity contribution in [3.63, 3.8) is 0 Å². The molecule has 0 bridgehead atoms. The van der Waals surface area contributed by atoms with Crippen molar-refractivity contribution in [3.8, 4) is 11.3 Å². The largest absolute Gasteiger partial charge is 0.465 e. The van der Waals surface area contributed by atoms with E-state index in [1.807, 2.05) is 12.1 Å². The summed E-state index contributed by atoms with van der Waals surface area (Å²) in [6, 6.07) is 14.9. The van der Waals surface area contributed by atoms with Crippen LogP contribution in [0.5, 0.6) is 0 Å². The van der Waals surface area contributed by atoms with Crippen molar-refractivity contribution in [1.82, 2.24) is 4.57 Å².